The molecule has 1 saturated heterocycles. The Balaban J connectivity index is 2.49. The van der Waals surface area contributed by atoms with Gasteiger partial charge in [-0.15, -0.1) is 0 Å². The van der Waals surface area contributed by atoms with Crippen LogP contribution in [-0.4, -0.2) is 24.8 Å². The Morgan fingerprint density at radius 1 is 1.18 bits per heavy atom. The fourth-order valence-electron chi connectivity index (χ4n) is 0.588. The van der Waals surface area contributed by atoms with Crippen molar-refractivity contribution in [3.8, 4) is 0 Å². The van der Waals surface area contributed by atoms with Gasteiger partial charge in [-0.2, -0.15) is 22.0 Å². The van der Waals surface area contributed by atoms with E-state index in [1.165, 1.54) is 0 Å². The first-order chi connectivity index (χ1) is 4.83. The van der Waals surface area contributed by atoms with Gasteiger partial charge in [0.05, 0.1) is 12.7 Å². The summed E-state index contributed by atoms with van der Waals surface area (Å²) in [5.74, 6) is -4.60. The van der Waals surface area contributed by atoms with Gasteiger partial charge in [0.2, 0.25) is 0 Å². The van der Waals surface area contributed by atoms with Crippen molar-refractivity contribution in [2.24, 2.45) is 0 Å². The molecule has 0 bridgehead atoms. The normalized spacial score (nSPS) is 25.4. The Morgan fingerprint density at radius 2 is 1.64 bits per heavy atom. The Hall–Kier alpha value is -0.390. The smallest absolute Gasteiger partial charge is 0.373 e. The van der Waals surface area contributed by atoms with Gasteiger partial charge in [-0.05, 0) is 0 Å². The lowest BCUT2D eigenvalue weighted by atomic mass is 10.2. The molecule has 0 N–H and O–H groups in total. The molecule has 11 heavy (non-hydrogen) atoms. The molecular formula is C5H5F5O. The molecule has 0 radical (unpaired) electrons. The number of epoxide rings is 1. The van der Waals surface area contributed by atoms with Crippen molar-refractivity contribution < 1.29 is 26.7 Å². The van der Waals surface area contributed by atoms with E-state index in [1.807, 2.05) is 0 Å². The van der Waals surface area contributed by atoms with E-state index in [1.54, 1.807) is 0 Å². The molecule has 0 aromatic heterocycles. The van der Waals surface area contributed by atoms with Gasteiger partial charge in [0.25, 0.3) is 0 Å². The Bertz CT molecular complexity index is 147. The first-order valence-electron chi connectivity index (χ1n) is 2.89. The molecule has 1 heterocycles. The third-order valence-corrected chi connectivity index (χ3v) is 1.30. The lowest BCUT2D eigenvalue weighted by Crippen LogP contribution is -2.37. The number of ether oxygens (including phenoxy) is 1. The standard InChI is InChI=1S/C5H5F5O/c6-4(7,5(8,9)10)1-3-2-11-3/h3H,1-2H2. The highest BCUT2D eigenvalue weighted by molar-refractivity contribution is 4.83. The van der Waals surface area contributed by atoms with Crippen molar-refractivity contribution in [1.29, 1.82) is 0 Å². The maximum absolute atomic E-state index is 12.0. The minimum Gasteiger partial charge on any atom is -0.373 e. The predicted molar refractivity (Wildman–Crippen MR) is 25.4 cm³/mol. The lowest BCUT2D eigenvalue weighted by Gasteiger charge is -2.17. The molecule has 1 nitrogen and oxygen atoms in total. The van der Waals surface area contributed by atoms with E-state index in [2.05, 4.69) is 4.74 Å². The fraction of sp³-hybridized carbons (Fsp3) is 1.00. The SMILES string of the molecule is FC(F)(F)C(F)(F)CC1CO1. The molecule has 0 saturated carbocycles. The topological polar surface area (TPSA) is 12.5 Å². The van der Waals surface area contributed by atoms with E-state index >= 15 is 0 Å². The van der Waals surface area contributed by atoms with Crippen LogP contribution in [0.4, 0.5) is 22.0 Å². The van der Waals surface area contributed by atoms with Crippen LogP contribution in [0.2, 0.25) is 0 Å². The van der Waals surface area contributed by atoms with Crippen molar-refractivity contribution in [2.75, 3.05) is 6.61 Å². The number of halogens is 5. The van der Waals surface area contributed by atoms with Crippen LogP contribution in [0, 0.1) is 0 Å². The Kier molecular flexibility index (Phi) is 1.82. The fourth-order valence-corrected chi connectivity index (χ4v) is 0.588. The molecule has 1 atom stereocenters. The van der Waals surface area contributed by atoms with Crippen LogP contribution in [0.5, 0.6) is 0 Å². The molecule has 0 aliphatic carbocycles. The summed E-state index contributed by atoms with van der Waals surface area (Å²) in [7, 11) is 0. The zero-order chi connectivity index (χ0) is 8.70. The summed E-state index contributed by atoms with van der Waals surface area (Å²) in [6.45, 7) is 0.00562. The van der Waals surface area contributed by atoms with Crippen LogP contribution in [0.15, 0.2) is 0 Å². The van der Waals surface area contributed by atoms with E-state index in [0.29, 0.717) is 0 Å². The monoisotopic (exact) mass is 176 g/mol. The van der Waals surface area contributed by atoms with Crippen molar-refractivity contribution in [2.45, 2.75) is 24.6 Å². The summed E-state index contributed by atoms with van der Waals surface area (Å²) >= 11 is 0. The van der Waals surface area contributed by atoms with E-state index in [0.717, 1.165) is 0 Å². The predicted octanol–water partition coefficient (Wildman–Crippen LogP) is 1.97. The number of rotatable bonds is 2. The minimum atomic E-state index is -5.45. The molecule has 0 amide bonds. The van der Waals surface area contributed by atoms with E-state index in [-0.39, 0.29) is 6.61 Å². The summed E-state index contributed by atoms with van der Waals surface area (Å²) in [5, 5.41) is 0. The maximum atomic E-state index is 12.0. The van der Waals surface area contributed by atoms with Crippen LogP contribution < -0.4 is 0 Å². The van der Waals surface area contributed by atoms with Crippen molar-refractivity contribution in [3.63, 3.8) is 0 Å². The van der Waals surface area contributed by atoms with Crippen molar-refractivity contribution in [1.82, 2.24) is 0 Å². The summed E-state index contributed by atoms with van der Waals surface area (Å²) in [6.07, 6.45) is -7.61. The summed E-state index contributed by atoms with van der Waals surface area (Å²) < 4.78 is 62.5. The third-order valence-electron chi connectivity index (χ3n) is 1.30. The van der Waals surface area contributed by atoms with Gasteiger partial charge in [-0.1, -0.05) is 0 Å². The zero-order valence-electron chi connectivity index (χ0n) is 5.29. The van der Waals surface area contributed by atoms with Crippen molar-refractivity contribution in [3.05, 3.63) is 0 Å². The highest BCUT2D eigenvalue weighted by Crippen LogP contribution is 2.41. The number of hydrogen-bond acceptors (Lipinski definition) is 1. The molecule has 0 aromatic carbocycles. The van der Waals surface area contributed by atoms with E-state index in [9.17, 15) is 22.0 Å². The molecule has 66 valence electrons. The summed E-state index contributed by atoms with van der Waals surface area (Å²) in [4.78, 5) is 0. The molecular weight excluding hydrogens is 171 g/mol. The van der Waals surface area contributed by atoms with Gasteiger partial charge in [0, 0.05) is 6.42 Å². The second kappa shape index (κ2) is 2.30. The van der Waals surface area contributed by atoms with E-state index < -0.39 is 24.6 Å². The molecule has 1 unspecified atom stereocenters. The summed E-state index contributed by atoms with van der Waals surface area (Å²) in [6, 6.07) is 0. The highest BCUT2D eigenvalue weighted by Gasteiger charge is 2.59. The third kappa shape index (κ3) is 2.02. The second-order valence-electron chi connectivity index (χ2n) is 2.36. The van der Waals surface area contributed by atoms with Crippen LogP contribution >= 0.6 is 0 Å². The van der Waals surface area contributed by atoms with Crippen LogP contribution in [0.25, 0.3) is 0 Å². The molecule has 1 aliphatic rings. The molecule has 1 rings (SSSR count). The minimum absolute atomic E-state index is 0.00562. The van der Waals surface area contributed by atoms with Gasteiger partial charge in [-0.3, -0.25) is 0 Å². The molecule has 0 spiro atoms. The molecule has 1 aliphatic heterocycles. The average molecular weight is 176 g/mol. The van der Waals surface area contributed by atoms with Gasteiger partial charge in [0.1, 0.15) is 0 Å². The zero-order valence-corrected chi connectivity index (χ0v) is 5.29. The Labute approximate surface area is 59.1 Å². The largest absolute Gasteiger partial charge is 0.453 e. The van der Waals surface area contributed by atoms with Gasteiger partial charge >= 0.3 is 12.1 Å². The van der Waals surface area contributed by atoms with Crippen molar-refractivity contribution >= 4 is 0 Å². The van der Waals surface area contributed by atoms with Crippen LogP contribution in [0.3, 0.4) is 0 Å². The Morgan fingerprint density at radius 3 is 1.91 bits per heavy atom. The van der Waals surface area contributed by atoms with Gasteiger partial charge in [0.15, 0.2) is 0 Å². The summed E-state index contributed by atoms with van der Waals surface area (Å²) in [5.41, 5.74) is 0. The lowest BCUT2D eigenvalue weighted by molar-refractivity contribution is -0.285. The first-order valence-corrected chi connectivity index (χ1v) is 2.89. The molecule has 0 aromatic rings. The van der Waals surface area contributed by atoms with Gasteiger partial charge < -0.3 is 4.74 Å². The van der Waals surface area contributed by atoms with Gasteiger partial charge in [-0.25, -0.2) is 0 Å². The van der Waals surface area contributed by atoms with Crippen LogP contribution in [-0.2, 0) is 4.74 Å². The maximum Gasteiger partial charge on any atom is 0.453 e. The average Bonchev–Trinajstić information content (AvgIpc) is 2.45. The first kappa shape index (κ1) is 8.70. The highest BCUT2D eigenvalue weighted by atomic mass is 19.4. The number of hydrogen-bond donors (Lipinski definition) is 0. The molecule has 6 heteroatoms. The van der Waals surface area contributed by atoms with Crippen LogP contribution in [0.1, 0.15) is 6.42 Å². The second-order valence-corrected chi connectivity index (χ2v) is 2.36. The quantitative estimate of drug-likeness (QED) is 0.463. The van der Waals surface area contributed by atoms with E-state index in [4.69, 9.17) is 0 Å². The number of alkyl halides is 5. The molecule has 1 fully saturated rings.